The van der Waals surface area contributed by atoms with E-state index in [1.54, 1.807) is 0 Å². The van der Waals surface area contributed by atoms with Gasteiger partial charge >= 0.3 is 0 Å². The SMILES string of the molecule is CCNCc1cc(C(C)C)nc2c(C)c(C)ccc12. The van der Waals surface area contributed by atoms with Gasteiger partial charge in [0.15, 0.2) is 0 Å². The summed E-state index contributed by atoms with van der Waals surface area (Å²) in [5.41, 5.74) is 6.33. The first kappa shape index (κ1) is 14.0. The van der Waals surface area contributed by atoms with Crippen LogP contribution in [0.5, 0.6) is 0 Å². The highest BCUT2D eigenvalue weighted by atomic mass is 14.8. The number of hydrogen-bond donors (Lipinski definition) is 1. The Hall–Kier alpha value is -1.41. The number of aromatic nitrogens is 1. The summed E-state index contributed by atoms with van der Waals surface area (Å²) >= 11 is 0. The fraction of sp³-hybridized carbons (Fsp3) is 0.471. The van der Waals surface area contributed by atoms with Gasteiger partial charge < -0.3 is 5.32 Å². The third-order valence-electron chi connectivity index (χ3n) is 3.77. The molecule has 1 N–H and O–H groups in total. The number of aryl methyl sites for hydroxylation is 2. The van der Waals surface area contributed by atoms with E-state index in [0.717, 1.165) is 13.1 Å². The minimum atomic E-state index is 0.463. The lowest BCUT2D eigenvalue weighted by molar-refractivity contribution is 0.725. The van der Waals surface area contributed by atoms with Crippen LogP contribution in [-0.4, -0.2) is 11.5 Å². The van der Waals surface area contributed by atoms with E-state index in [0.29, 0.717) is 5.92 Å². The molecule has 0 spiro atoms. The lowest BCUT2D eigenvalue weighted by atomic mass is 9.98. The largest absolute Gasteiger partial charge is 0.313 e. The van der Waals surface area contributed by atoms with E-state index in [1.807, 2.05) is 0 Å². The molecule has 0 atom stereocenters. The molecule has 102 valence electrons. The fourth-order valence-electron chi connectivity index (χ4n) is 2.32. The molecule has 0 bridgehead atoms. The smallest absolute Gasteiger partial charge is 0.0740 e. The van der Waals surface area contributed by atoms with Gasteiger partial charge in [-0.2, -0.15) is 0 Å². The Balaban J connectivity index is 2.67. The standard InChI is InChI=1S/C17H24N2/c1-6-18-10-14-9-16(11(2)3)19-17-13(5)12(4)7-8-15(14)17/h7-9,11,18H,6,10H2,1-5H3. The second kappa shape index (κ2) is 5.70. The summed E-state index contributed by atoms with van der Waals surface area (Å²) in [6.07, 6.45) is 0. The minimum Gasteiger partial charge on any atom is -0.313 e. The molecule has 2 rings (SSSR count). The second-order valence-corrected chi connectivity index (χ2v) is 5.54. The highest BCUT2D eigenvalue weighted by Crippen LogP contribution is 2.26. The Bertz CT molecular complexity index is 585. The highest BCUT2D eigenvalue weighted by Gasteiger charge is 2.10. The monoisotopic (exact) mass is 256 g/mol. The molecule has 2 heteroatoms. The molecule has 0 aliphatic rings. The molecule has 2 nitrogen and oxygen atoms in total. The van der Waals surface area contributed by atoms with Crippen LogP contribution in [0.4, 0.5) is 0 Å². The Morgan fingerprint density at radius 3 is 2.58 bits per heavy atom. The normalized spacial score (nSPS) is 11.5. The van der Waals surface area contributed by atoms with Crippen molar-refractivity contribution in [2.24, 2.45) is 0 Å². The lowest BCUT2D eigenvalue weighted by Crippen LogP contribution is -2.13. The summed E-state index contributed by atoms with van der Waals surface area (Å²) in [6, 6.07) is 6.66. The number of nitrogens with zero attached hydrogens (tertiary/aromatic N) is 1. The minimum absolute atomic E-state index is 0.463. The summed E-state index contributed by atoms with van der Waals surface area (Å²) in [5, 5.41) is 4.71. The van der Waals surface area contributed by atoms with Crippen molar-refractivity contribution in [1.82, 2.24) is 10.3 Å². The van der Waals surface area contributed by atoms with Crippen molar-refractivity contribution in [2.45, 2.75) is 47.1 Å². The summed E-state index contributed by atoms with van der Waals surface area (Å²) in [5.74, 6) is 0.463. The van der Waals surface area contributed by atoms with Gasteiger partial charge in [0, 0.05) is 17.6 Å². The third kappa shape index (κ3) is 2.79. The van der Waals surface area contributed by atoms with E-state index in [2.05, 4.69) is 58.1 Å². The predicted molar refractivity (Wildman–Crippen MR) is 82.7 cm³/mol. The average Bonchev–Trinajstić information content (AvgIpc) is 2.40. The first-order valence-corrected chi connectivity index (χ1v) is 7.15. The van der Waals surface area contributed by atoms with Crippen LogP contribution in [0.2, 0.25) is 0 Å². The zero-order chi connectivity index (χ0) is 14.0. The summed E-state index contributed by atoms with van der Waals surface area (Å²) < 4.78 is 0. The number of fused-ring (bicyclic) bond motifs is 1. The van der Waals surface area contributed by atoms with Gasteiger partial charge in [-0.05, 0) is 49.1 Å². The topological polar surface area (TPSA) is 24.9 Å². The fourth-order valence-corrected chi connectivity index (χ4v) is 2.32. The maximum atomic E-state index is 4.88. The molecule has 0 saturated carbocycles. The van der Waals surface area contributed by atoms with Crippen LogP contribution in [0.3, 0.4) is 0 Å². The molecule has 1 aromatic heterocycles. The van der Waals surface area contributed by atoms with Gasteiger partial charge in [0.1, 0.15) is 0 Å². The van der Waals surface area contributed by atoms with Crippen molar-refractivity contribution in [1.29, 1.82) is 0 Å². The molecule has 0 unspecified atom stereocenters. The van der Waals surface area contributed by atoms with Crippen LogP contribution in [-0.2, 0) is 6.54 Å². The molecule has 2 aromatic rings. The Morgan fingerprint density at radius 1 is 1.21 bits per heavy atom. The van der Waals surface area contributed by atoms with Crippen molar-refractivity contribution < 1.29 is 0 Å². The molecule has 1 heterocycles. The van der Waals surface area contributed by atoms with E-state index in [1.165, 1.54) is 33.3 Å². The summed E-state index contributed by atoms with van der Waals surface area (Å²) in [4.78, 5) is 4.88. The first-order valence-electron chi connectivity index (χ1n) is 7.15. The Morgan fingerprint density at radius 2 is 1.95 bits per heavy atom. The summed E-state index contributed by atoms with van der Waals surface area (Å²) in [7, 11) is 0. The van der Waals surface area contributed by atoms with Gasteiger partial charge in [-0.25, -0.2) is 0 Å². The van der Waals surface area contributed by atoms with Gasteiger partial charge in [0.25, 0.3) is 0 Å². The van der Waals surface area contributed by atoms with Gasteiger partial charge in [0.2, 0.25) is 0 Å². The molecular formula is C17H24N2. The molecule has 19 heavy (non-hydrogen) atoms. The number of rotatable bonds is 4. The van der Waals surface area contributed by atoms with Crippen molar-refractivity contribution in [3.63, 3.8) is 0 Å². The van der Waals surface area contributed by atoms with Crippen molar-refractivity contribution in [3.05, 3.63) is 40.6 Å². The number of hydrogen-bond acceptors (Lipinski definition) is 2. The maximum Gasteiger partial charge on any atom is 0.0740 e. The van der Waals surface area contributed by atoms with Crippen LogP contribution in [0, 0.1) is 13.8 Å². The van der Waals surface area contributed by atoms with E-state index >= 15 is 0 Å². The lowest BCUT2D eigenvalue weighted by Gasteiger charge is -2.14. The highest BCUT2D eigenvalue weighted by molar-refractivity contribution is 5.86. The molecule has 0 amide bonds. The zero-order valence-corrected chi connectivity index (χ0v) is 12.7. The maximum absolute atomic E-state index is 4.88. The molecule has 0 saturated heterocycles. The molecule has 0 radical (unpaired) electrons. The zero-order valence-electron chi connectivity index (χ0n) is 12.7. The van der Waals surface area contributed by atoms with E-state index in [9.17, 15) is 0 Å². The van der Waals surface area contributed by atoms with Gasteiger partial charge in [-0.15, -0.1) is 0 Å². The van der Waals surface area contributed by atoms with Crippen LogP contribution >= 0.6 is 0 Å². The van der Waals surface area contributed by atoms with E-state index in [4.69, 9.17) is 4.98 Å². The molecular weight excluding hydrogens is 232 g/mol. The van der Waals surface area contributed by atoms with Crippen LogP contribution < -0.4 is 5.32 Å². The van der Waals surface area contributed by atoms with Gasteiger partial charge in [-0.1, -0.05) is 32.9 Å². The molecule has 0 fully saturated rings. The van der Waals surface area contributed by atoms with Crippen molar-refractivity contribution in [2.75, 3.05) is 6.54 Å². The average molecular weight is 256 g/mol. The third-order valence-corrected chi connectivity index (χ3v) is 3.77. The first-order chi connectivity index (χ1) is 9.04. The van der Waals surface area contributed by atoms with Gasteiger partial charge in [0.05, 0.1) is 5.52 Å². The van der Waals surface area contributed by atoms with Crippen molar-refractivity contribution in [3.8, 4) is 0 Å². The van der Waals surface area contributed by atoms with E-state index < -0.39 is 0 Å². The molecule has 0 aliphatic heterocycles. The van der Waals surface area contributed by atoms with Crippen molar-refractivity contribution >= 4 is 10.9 Å². The Kier molecular flexibility index (Phi) is 4.20. The van der Waals surface area contributed by atoms with Crippen LogP contribution in [0.1, 0.15) is 49.1 Å². The molecule has 0 aliphatic carbocycles. The quantitative estimate of drug-likeness (QED) is 0.891. The number of pyridine rings is 1. The number of nitrogens with one attached hydrogen (secondary N) is 1. The molecule has 1 aromatic carbocycles. The second-order valence-electron chi connectivity index (χ2n) is 5.54. The summed E-state index contributed by atoms with van der Waals surface area (Å²) in [6.45, 7) is 12.8. The van der Waals surface area contributed by atoms with Gasteiger partial charge in [-0.3, -0.25) is 4.98 Å². The van der Waals surface area contributed by atoms with Crippen LogP contribution in [0.25, 0.3) is 10.9 Å². The number of benzene rings is 1. The Labute approximate surface area is 116 Å². The van der Waals surface area contributed by atoms with Crippen LogP contribution in [0.15, 0.2) is 18.2 Å². The predicted octanol–water partition coefficient (Wildman–Crippen LogP) is 4.08. The van der Waals surface area contributed by atoms with E-state index in [-0.39, 0.29) is 0 Å².